The smallest absolute Gasteiger partial charge is 0.251 e. The van der Waals surface area contributed by atoms with E-state index in [1.165, 1.54) is 12.8 Å². The molecular weight excluding hydrogens is 286 g/mol. The van der Waals surface area contributed by atoms with Crippen LogP contribution in [0.25, 0.3) is 0 Å². The minimum atomic E-state index is -0.242. The third kappa shape index (κ3) is 3.15. The van der Waals surface area contributed by atoms with Crippen LogP contribution in [0.4, 0.5) is 0 Å². The fourth-order valence-electron chi connectivity index (χ4n) is 2.78. The minimum Gasteiger partial charge on any atom is -0.474 e. The zero-order valence-corrected chi connectivity index (χ0v) is 12.9. The van der Waals surface area contributed by atoms with Gasteiger partial charge >= 0.3 is 0 Å². The predicted octanol–water partition coefficient (Wildman–Crippen LogP) is 2.01. The molecule has 0 aromatic carbocycles. The van der Waals surface area contributed by atoms with Gasteiger partial charge in [-0.3, -0.25) is 9.69 Å². The number of rotatable bonds is 4. The summed E-state index contributed by atoms with van der Waals surface area (Å²) in [4.78, 5) is 17.9. The molecular formula is C15H19N3O2S. The van der Waals surface area contributed by atoms with Crippen molar-refractivity contribution in [2.45, 2.75) is 51.3 Å². The summed E-state index contributed by atoms with van der Waals surface area (Å²) in [5, 5.41) is 3.46. The van der Waals surface area contributed by atoms with Gasteiger partial charge in [0.1, 0.15) is 12.1 Å². The molecule has 1 N–H and O–H groups in total. The van der Waals surface area contributed by atoms with Crippen LogP contribution in [0.3, 0.4) is 0 Å². The average molecular weight is 305 g/mol. The van der Waals surface area contributed by atoms with Crippen molar-refractivity contribution in [2.24, 2.45) is 0 Å². The molecule has 2 fully saturated rings. The number of ether oxygens (including phenoxy) is 1. The molecule has 0 bridgehead atoms. The second-order valence-corrected chi connectivity index (χ2v) is 6.01. The Hall–Kier alpha value is -1.69. The minimum absolute atomic E-state index is 0.00933. The molecule has 2 heterocycles. The van der Waals surface area contributed by atoms with E-state index >= 15 is 0 Å². The van der Waals surface area contributed by atoms with E-state index in [4.69, 9.17) is 17.0 Å². The Morgan fingerprint density at radius 2 is 2.24 bits per heavy atom. The number of amides is 1. The lowest BCUT2D eigenvalue weighted by Crippen LogP contribution is -2.30. The second-order valence-electron chi connectivity index (χ2n) is 5.62. The van der Waals surface area contributed by atoms with E-state index < -0.39 is 0 Å². The van der Waals surface area contributed by atoms with Crippen molar-refractivity contribution in [3.63, 3.8) is 0 Å². The monoisotopic (exact) mass is 305 g/mol. The second kappa shape index (κ2) is 5.97. The molecule has 1 saturated heterocycles. The Kier molecular flexibility index (Phi) is 4.05. The van der Waals surface area contributed by atoms with Crippen LogP contribution < -0.4 is 10.1 Å². The largest absolute Gasteiger partial charge is 0.474 e. The van der Waals surface area contributed by atoms with Crippen molar-refractivity contribution in [1.82, 2.24) is 15.2 Å². The summed E-state index contributed by atoms with van der Waals surface area (Å²) in [7, 11) is 0. The van der Waals surface area contributed by atoms with Gasteiger partial charge in [-0.05, 0) is 56.5 Å². The first-order valence-corrected chi connectivity index (χ1v) is 7.78. The topological polar surface area (TPSA) is 54.5 Å². The Bertz CT molecular complexity index is 558. The zero-order chi connectivity index (χ0) is 14.8. The highest BCUT2D eigenvalue weighted by Gasteiger charge is 2.32. The fourth-order valence-corrected chi connectivity index (χ4v) is 3.11. The molecule has 1 saturated carbocycles. The summed E-state index contributed by atoms with van der Waals surface area (Å²) in [6, 6.07) is 3.55. The molecule has 0 unspecified atom stereocenters. The summed E-state index contributed by atoms with van der Waals surface area (Å²) in [6.07, 6.45) is 6.66. The highest BCUT2D eigenvalue weighted by atomic mass is 32.1. The molecule has 0 spiro atoms. The van der Waals surface area contributed by atoms with Gasteiger partial charge in [-0.2, -0.15) is 0 Å². The van der Waals surface area contributed by atoms with Gasteiger partial charge in [0.15, 0.2) is 5.11 Å². The average Bonchev–Trinajstić information content (AvgIpc) is 3.04. The fraction of sp³-hybridized carbons (Fsp3) is 0.533. The van der Waals surface area contributed by atoms with Crippen molar-refractivity contribution >= 4 is 23.2 Å². The molecule has 6 heteroatoms. The SMILES string of the molecule is C[C@@H]1NC(=S)N(Cc2ccnc(OC3CCCC3)c2)C1=O. The summed E-state index contributed by atoms with van der Waals surface area (Å²) in [5.74, 6) is 0.646. The molecule has 1 aromatic rings. The summed E-state index contributed by atoms with van der Waals surface area (Å²) in [6.45, 7) is 2.27. The number of nitrogens with one attached hydrogen (secondary N) is 1. The predicted molar refractivity (Wildman–Crippen MR) is 82.9 cm³/mol. The van der Waals surface area contributed by atoms with Crippen molar-refractivity contribution in [1.29, 1.82) is 0 Å². The number of carbonyl (C=O) groups is 1. The quantitative estimate of drug-likeness (QED) is 0.862. The molecule has 1 aliphatic heterocycles. The number of pyridine rings is 1. The van der Waals surface area contributed by atoms with Crippen molar-refractivity contribution in [3.05, 3.63) is 23.9 Å². The van der Waals surface area contributed by atoms with E-state index in [1.54, 1.807) is 11.1 Å². The zero-order valence-electron chi connectivity index (χ0n) is 12.0. The highest BCUT2D eigenvalue weighted by Crippen LogP contribution is 2.23. The van der Waals surface area contributed by atoms with Crippen LogP contribution in [0.2, 0.25) is 0 Å². The molecule has 1 atom stereocenters. The van der Waals surface area contributed by atoms with Crippen LogP contribution in [-0.4, -0.2) is 33.0 Å². The summed E-state index contributed by atoms with van der Waals surface area (Å²) in [5.41, 5.74) is 0.976. The lowest BCUT2D eigenvalue weighted by Gasteiger charge is -2.16. The maximum absolute atomic E-state index is 12.0. The van der Waals surface area contributed by atoms with Crippen LogP contribution in [-0.2, 0) is 11.3 Å². The molecule has 1 aromatic heterocycles. The van der Waals surface area contributed by atoms with E-state index in [0.29, 0.717) is 17.5 Å². The third-order valence-electron chi connectivity index (χ3n) is 3.95. The van der Waals surface area contributed by atoms with E-state index in [2.05, 4.69) is 10.3 Å². The van der Waals surface area contributed by atoms with Gasteiger partial charge in [-0.1, -0.05) is 0 Å². The first kappa shape index (κ1) is 14.3. The van der Waals surface area contributed by atoms with Crippen molar-refractivity contribution in [2.75, 3.05) is 0 Å². The summed E-state index contributed by atoms with van der Waals surface area (Å²) >= 11 is 5.19. The number of carbonyl (C=O) groups excluding carboxylic acids is 1. The van der Waals surface area contributed by atoms with Crippen LogP contribution in [0.5, 0.6) is 5.88 Å². The van der Waals surface area contributed by atoms with Gasteiger partial charge in [-0.15, -0.1) is 0 Å². The standard InChI is InChI=1S/C15H19N3O2S/c1-10-14(19)18(15(21)17-10)9-11-6-7-16-13(8-11)20-12-4-2-3-5-12/h6-8,10,12H,2-5,9H2,1H3,(H,17,21)/t10-/m0/s1. The van der Waals surface area contributed by atoms with E-state index in [9.17, 15) is 4.79 Å². The van der Waals surface area contributed by atoms with Crippen LogP contribution >= 0.6 is 12.2 Å². The number of aromatic nitrogens is 1. The normalized spacial score (nSPS) is 22.7. The maximum atomic E-state index is 12.0. The van der Waals surface area contributed by atoms with Crippen LogP contribution in [0, 0.1) is 0 Å². The Morgan fingerprint density at radius 1 is 1.48 bits per heavy atom. The number of hydrogen-bond donors (Lipinski definition) is 1. The van der Waals surface area contributed by atoms with E-state index in [0.717, 1.165) is 18.4 Å². The van der Waals surface area contributed by atoms with E-state index in [-0.39, 0.29) is 18.1 Å². The third-order valence-corrected chi connectivity index (χ3v) is 4.29. The maximum Gasteiger partial charge on any atom is 0.251 e. The van der Waals surface area contributed by atoms with Crippen molar-refractivity contribution < 1.29 is 9.53 Å². The van der Waals surface area contributed by atoms with Gasteiger partial charge in [-0.25, -0.2) is 4.98 Å². The van der Waals surface area contributed by atoms with E-state index in [1.807, 2.05) is 19.1 Å². The van der Waals surface area contributed by atoms with Gasteiger partial charge < -0.3 is 10.1 Å². The van der Waals surface area contributed by atoms with Gasteiger partial charge in [0.2, 0.25) is 5.88 Å². The number of nitrogens with zero attached hydrogens (tertiary/aromatic N) is 2. The molecule has 1 amide bonds. The van der Waals surface area contributed by atoms with Gasteiger partial charge in [0.05, 0.1) is 6.54 Å². The van der Waals surface area contributed by atoms with Crippen LogP contribution in [0.1, 0.15) is 38.2 Å². The summed E-state index contributed by atoms with van der Waals surface area (Å²) < 4.78 is 5.89. The molecule has 5 nitrogen and oxygen atoms in total. The molecule has 2 aliphatic rings. The molecule has 1 aliphatic carbocycles. The molecule has 112 valence electrons. The highest BCUT2D eigenvalue weighted by molar-refractivity contribution is 7.80. The number of thiocarbonyl (C=S) groups is 1. The molecule has 21 heavy (non-hydrogen) atoms. The Balaban J connectivity index is 1.68. The van der Waals surface area contributed by atoms with Gasteiger partial charge in [0.25, 0.3) is 5.91 Å². The number of hydrogen-bond acceptors (Lipinski definition) is 4. The van der Waals surface area contributed by atoms with Gasteiger partial charge in [0, 0.05) is 12.3 Å². The van der Waals surface area contributed by atoms with Crippen LogP contribution in [0.15, 0.2) is 18.3 Å². The van der Waals surface area contributed by atoms with Crippen molar-refractivity contribution in [3.8, 4) is 5.88 Å². The molecule has 3 rings (SSSR count). The first-order valence-electron chi connectivity index (χ1n) is 7.37. The lowest BCUT2D eigenvalue weighted by atomic mass is 10.2. The Morgan fingerprint density at radius 3 is 2.90 bits per heavy atom. The molecule has 0 radical (unpaired) electrons. The Labute approximate surface area is 129 Å². The lowest BCUT2D eigenvalue weighted by molar-refractivity contribution is -0.127. The first-order chi connectivity index (χ1) is 10.1.